The van der Waals surface area contributed by atoms with Crippen LogP contribution < -0.4 is 0 Å². The summed E-state index contributed by atoms with van der Waals surface area (Å²) in [7, 11) is 0. The van der Waals surface area contributed by atoms with Crippen molar-refractivity contribution in [2.75, 3.05) is 5.88 Å². The molecule has 1 rings (SSSR count). The minimum absolute atomic E-state index is 0.358. The van der Waals surface area contributed by atoms with Gasteiger partial charge >= 0.3 is 23.9 Å². The van der Waals surface area contributed by atoms with Gasteiger partial charge in [-0.1, -0.05) is 11.6 Å². The fourth-order valence-corrected chi connectivity index (χ4v) is 1.70. The topological polar surface area (TPSA) is 152 Å². The molecule has 23 heavy (non-hydrogen) atoms. The molecule has 1 heterocycles. The van der Waals surface area contributed by atoms with Crippen LogP contribution in [-0.2, 0) is 33.5 Å². The number of ketones is 2. The Morgan fingerprint density at radius 1 is 1.26 bits per heavy atom. The molecule has 1 aliphatic heterocycles. The van der Waals surface area contributed by atoms with Gasteiger partial charge in [-0.3, -0.25) is 24.0 Å². The average Bonchev–Trinajstić information content (AvgIpc) is 2.69. The molecule has 0 aromatic rings. The number of cyclic esters (lactones) is 2. The molecule has 0 amide bonds. The fourth-order valence-electron chi connectivity index (χ4n) is 1.37. The Hall–Kier alpha value is -2.00. The van der Waals surface area contributed by atoms with Crippen molar-refractivity contribution in [2.45, 2.75) is 24.6 Å². The van der Waals surface area contributed by atoms with Crippen LogP contribution in [0.15, 0.2) is 0 Å². The van der Waals surface area contributed by atoms with Gasteiger partial charge in [0.25, 0.3) is 0 Å². The third kappa shape index (κ3) is 5.95. The molecule has 2 unspecified atom stereocenters. The van der Waals surface area contributed by atoms with E-state index < -0.39 is 58.5 Å². The van der Waals surface area contributed by atoms with Crippen LogP contribution in [0, 0.1) is 5.92 Å². The number of hydrogen-bond donors (Lipinski definition) is 2. The summed E-state index contributed by atoms with van der Waals surface area (Å²) in [6.45, 7) is 1.15. The second-order valence-electron chi connectivity index (χ2n) is 4.38. The molecule has 0 spiro atoms. The maximum Gasteiger partial charge on any atom is 0.343 e. The number of carbonyl (C=O) groups is 6. The van der Waals surface area contributed by atoms with Gasteiger partial charge in [-0.2, -0.15) is 0 Å². The average molecular weight is 371 g/mol. The first-order valence-electron chi connectivity index (χ1n) is 5.94. The molecule has 0 saturated carbocycles. The number of rotatable bonds is 6. The van der Waals surface area contributed by atoms with Gasteiger partial charge in [-0.25, -0.2) is 4.79 Å². The van der Waals surface area contributed by atoms with Crippen LogP contribution in [0.2, 0.25) is 0 Å². The fraction of sp³-hybridized carbons (Fsp3) is 0.500. The molecule has 2 N–H and O–H groups in total. The van der Waals surface area contributed by atoms with Gasteiger partial charge in [0, 0.05) is 0 Å². The molecule has 11 heteroatoms. The number of carboxylic acid groups (broad SMARTS) is 2. The summed E-state index contributed by atoms with van der Waals surface area (Å²) in [5.74, 6) is -7.85. The largest absolute Gasteiger partial charge is 0.481 e. The van der Waals surface area contributed by atoms with Crippen LogP contribution >= 0.6 is 23.2 Å². The van der Waals surface area contributed by atoms with Crippen molar-refractivity contribution in [1.29, 1.82) is 0 Å². The van der Waals surface area contributed by atoms with Gasteiger partial charge in [-0.05, 0) is 6.92 Å². The predicted molar refractivity (Wildman–Crippen MR) is 74.1 cm³/mol. The Bertz CT molecular complexity index is 557. The van der Waals surface area contributed by atoms with E-state index in [0.29, 0.717) is 0 Å². The van der Waals surface area contributed by atoms with E-state index in [1.165, 1.54) is 0 Å². The highest BCUT2D eigenvalue weighted by atomic mass is 35.5. The van der Waals surface area contributed by atoms with E-state index >= 15 is 0 Å². The van der Waals surface area contributed by atoms with Crippen molar-refractivity contribution < 1.29 is 43.7 Å². The van der Waals surface area contributed by atoms with Crippen molar-refractivity contribution >= 4 is 58.6 Å². The van der Waals surface area contributed by atoms with Crippen LogP contribution in [0.25, 0.3) is 0 Å². The zero-order valence-electron chi connectivity index (χ0n) is 11.7. The summed E-state index contributed by atoms with van der Waals surface area (Å²) in [6.07, 6.45) is -1.08. The highest BCUT2D eigenvalue weighted by molar-refractivity contribution is 6.48. The number of alkyl halides is 2. The van der Waals surface area contributed by atoms with Gasteiger partial charge < -0.3 is 14.9 Å². The van der Waals surface area contributed by atoms with Crippen LogP contribution in [0.4, 0.5) is 0 Å². The minimum atomic E-state index is -1.75. The minimum Gasteiger partial charge on any atom is -0.481 e. The van der Waals surface area contributed by atoms with Gasteiger partial charge in [0.1, 0.15) is 5.92 Å². The van der Waals surface area contributed by atoms with Crippen molar-refractivity contribution in [3.63, 3.8) is 0 Å². The molecule has 128 valence electrons. The summed E-state index contributed by atoms with van der Waals surface area (Å²) in [5, 5.41) is 16.6. The molecular weight excluding hydrogens is 359 g/mol. The number of ether oxygens (including phenoxy) is 1. The van der Waals surface area contributed by atoms with E-state index in [2.05, 4.69) is 4.74 Å². The Kier molecular flexibility index (Phi) is 7.84. The molecule has 1 aliphatic rings. The number of carboxylic acids is 2. The first-order valence-corrected chi connectivity index (χ1v) is 6.85. The zero-order chi connectivity index (χ0) is 18.4. The van der Waals surface area contributed by atoms with E-state index in [-0.39, 0.29) is 6.42 Å². The number of Topliss-reactive ketones (excluding diaryl/α,β-unsaturated/α-hetero) is 2. The lowest BCUT2D eigenvalue weighted by atomic mass is 10.0. The van der Waals surface area contributed by atoms with Crippen LogP contribution in [0.3, 0.4) is 0 Å². The second-order valence-corrected chi connectivity index (χ2v) is 5.30. The van der Waals surface area contributed by atoms with E-state index in [4.69, 9.17) is 33.4 Å². The van der Waals surface area contributed by atoms with Crippen molar-refractivity contribution in [3.8, 4) is 0 Å². The maximum absolute atomic E-state index is 10.8. The number of hydrogen-bond acceptors (Lipinski definition) is 7. The van der Waals surface area contributed by atoms with E-state index in [0.717, 1.165) is 6.92 Å². The van der Waals surface area contributed by atoms with Crippen LogP contribution in [0.1, 0.15) is 19.8 Å². The molecule has 0 aromatic carbocycles. The number of esters is 2. The monoisotopic (exact) mass is 370 g/mol. The zero-order valence-corrected chi connectivity index (χ0v) is 13.2. The van der Waals surface area contributed by atoms with E-state index in [1.54, 1.807) is 0 Å². The first-order chi connectivity index (χ1) is 10.5. The lowest BCUT2D eigenvalue weighted by Crippen LogP contribution is -2.35. The normalized spacial score (nSPS) is 20.8. The Balaban J connectivity index is 0.000000422. The summed E-state index contributed by atoms with van der Waals surface area (Å²) in [4.78, 5) is 61.3. The van der Waals surface area contributed by atoms with Crippen molar-refractivity contribution in [1.82, 2.24) is 0 Å². The molecule has 0 bridgehead atoms. The number of halogens is 2. The molecule has 2 atom stereocenters. The summed E-state index contributed by atoms with van der Waals surface area (Å²) in [6, 6.07) is 0. The highest BCUT2D eigenvalue weighted by Crippen LogP contribution is 2.29. The highest BCUT2D eigenvalue weighted by Gasteiger charge is 2.51. The SMILES string of the molecule is CC(=O)C1(Cl)CC(=O)OC1=O.O=C(O)CC(C(=O)O)C(=O)CCl. The smallest absolute Gasteiger partial charge is 0.343 e. The third-order valence-electron chi connectivity index (χ3n) is 2.67. The first kappa shape index (κ1) is 21.0. The maximum atomic E-state index is 10.8. The van der Waals surface area contributed by atoms with Crippen LogP contribution in [0.5, 0.6) is 0 Å². The quantitative estimate of drug-likeness (QED) is 0.373. The lowest BCUT2D eigenvalue weighted by Gasteiger charge is -2.08. The molecule has 0 radical (unpaired) electrons. The Morgan fingerprint density at radius 3 is 2.00 bits per heavy atom. The summed E-state index contributed by atoms with van der Waals surface area (Å²) < 4.78 is 4.11. The molecule has 0 aliphatic carbocycles. The van der Waals surface area contributed by atoms with Gasteiger partial charge in [0.05, 0.1) is 18.7 Å². The Labute approximate surface area is 139 Å². The third-order valence-corrected chi connectivity index (χ3v) is 3.49. The number of carbonyl (C=O) groups excluding carboxylic acids is 4. The lowest BCUT2D eigenvalue weighted by molar-refractivity contribution is -0.153. The van der Waals surface area contributed by atoms with Gasteiger partial charge in [0.15, 0.2) is 11.6 Å². The van der Waals surface area contributed by atoms with Gasteiger partial charge in [-0.15, -0.1) is 11.6 Å². The molecular formula is C12H12Cl2O9. The van der Waals surface area contributed by atoms with Crippen molar-refractivity contribution in [3.05, 3.63) is 0 Å². The Morgan fingerprint density at radius 2 is 1.78 bits per heavy atom. The van der Waals surface area contributed by atoms with E-state index in [9.17, 15) is 28.8 Å². The molecule has 9 nitrogen and oxygen atoms in total. The molecule has 0 aromatic heterocycles. The van der Waals surface area contributed by atoms with E-state index in [1.807, 2.05) is 0 Å². The summed E-state index contributed by atoms with van der Waals surface area (Å²) in [5.41, 5.74) is 0. The predicted octanol–water partition coefficient (Wildman–Crippen LogP) is -0.00370. The summed E-state index contributed by atoms with van der Waals surface area (Å²) >= 11 is 10.6. The van der Waals surface area contributed by atoms with Crippen LogP contribution in [-0.4, -0.2) is 56.4 Å². The number of aliphatic carboxylic acids is 2. The molecule has 1 saturated heterocycles. The van der Waals surface area contributed by atoms with Gasteiger partial charge in [0.2, 0.25) is 4.87 Å². The standard InChI is InChI=1S/C6H7ClO5.C6H5ClO4/c7-2-4(8)3(6(11)12)1-5(9)10;1-3(8)6(7)2-4(9)11-5(6)10/h3H,1-2H2,(H,9,10)(H,11,12);2H2,1H3. The van der Waals surface area contributed by atoms with Crippen molar-refractivity contribution in [2.24, 2.45) is 5.92 Å². The second kappa shape index (κ2) is 8.59. The molecule has 1 fully saturated rings.